The number of rotatable bonds is 0. The molecule has 2 N–H and O–H groups in total. The van der Waals surface area contributed by atoms with E-state index in [1.165, 1.54) is 0 Å². The molecule has 0 heterocycles. The number of aliphatic hydroxyl groups is 2. The smallest absolute Gasteiger partial charge is 0.0543 e. The van der Waals surface area contributed by atoms with Gasteiger partial charge in [-0.1, -0.05) is 0 Å². The molecule has 0 aromatic rings. The van der Waals surface area contributed by atoms with Crippen LogP contribution in [0.15, 0.2) is 0 Å². The third-order valence-corrected chi connectivity index (χ3v) is 3.56. The van der Waals surface area contributed by atoms with Gasteiger partial charge in [-0.25, -0.2) is 0 Å². The second-order valence-electron chi connectivity index (χ2n) is 4.45. The zero-order valence-electron chi connectivity index (χ0n) is 7.45. The monoisotopic (exact) mass is 170 g/mol. The van der Waals surface area contributed by atoms with Crippen LogP contribution in [0.5, 0.6) is 0 Å². The molecule has 0 saturated heterocycles. The lowest BCUT2D eigenvalue weighted by molar-refractivity contribution is 0.00480. The van der Waals surface area contributed by atoms with E-state index < -0.39 is 0 Å². The van der Waals surface area contributed by atoms with Gasteiger partial charge < -0.3 is 10.2 Å². The molecule has 2 aliphatic carbocycles. The highest BCUT2D eigenvalue weighted by Crippen LogP contribution is 2.40. The summed E-state index contributed by atoms with van der Waals surface area (Å²) in [5.41, 5.74) is 0. The summed E-state index contributed by atoms with van der Waals surface area (Å²) in [6.07, 6.45) is 6.02. The van der Waals surface area contributed by atoms with Gasteiger partial charge in [0, 0.05) is 0 Å². The predicted molar refractivity (Wildman–Crippen MR) is 46.7 cm³/mol. The molecule has 2 nitrogen and oxygen atoms in total. The van der Waals surface area contributed by atoms with Crippen molar-refractivity contribution in [3.63, 3.8) is 0 Å². The summed E-state index contributed by atoms with van der Waals surface area (Å²) < 4.78 is 0. The number of hydrogen-bond donors (Lipinski definition) is 2. The Labute approximate surface area is 73.6 Å². The van der Waals surface area contributed by atoms with E-state index in [0.29, 0.717) is 11.8 Å². The standard InChI is InChI=1S/C10H18O2/c11-9-3-1-7-5-10(12)4-2-8(7)6-9/h7-12H,1-6H2/t7-,8+,9-,10+. The maximum atomic E-state index is 9.45. The maximum Gasteiger partial charge on any atom is 0.0543 e. The van der Waals surface area contributed by atoms with Gasteiger partial charge in [-0.2, -0.15) is 0 Å². The van der Waals surface area contributed by atoms with E-state index in [1.807, 2.05) is 0 Å². The van der Waals surface area contributed by atoms with Crippen LogP contribution in [0.4, 0.5) is 0 Å². The van der Waals surface area contributed by atoms with Gasteiger partial charge in [0.1, 0.15) is 0 Å². The average molecular weight is 170 g/mol. The van der Waals surface area contributed by atoms with Crippen LogP contribution in [0.2, 0.25) is 0 Å². The molecule has 70 valence electrons. The molecule has 0 aliphatic heterocycles. The van der Waals surface area contributed by atoms with Crippen molar-refractivity contribution in [1.29, 1.82) is 0 Å². The van der Waals surface area contributed by atoms with Gasteiger partial charge in [0.15, 0.2) is 0 Å². The van der Waals surface area contributed by atoms with Gasteiger partial charge in [0.25, 0.3) is 0 Å². The summed E-state index contributed by atoms with van der Waals surface area (Å²) in [6.45, 7) is 0. The van der Waals surface area contributed by atoms with Gasteiger partial charge in [0.05, 0.1) is 12.2 Å². The Morgan fingerprint density at radius 1 is 0.667 bits per heavy atom. The maximum absolute atomic E-state index is 9.45. The van der Waals surface area contributed by atoms with Crippen molar-refractivity contribution in [1.82, 2.24) is 0 Å². The van der Waals surface area contributed by atoms with Gasteiger partial charge in [-0.3, -0.25) is 0 Å². The Morgan fingerprint density at radius 3 is 1.50 bits per heavy atom. The molecule has 0 aromatic heterocycles. The lowest BCUT2D eigenvalue weighted by atomic mass is 9.69. The Balaban J connectivity index is 1.94. The van der Waals surface area contributed by atoms with E-state index in [-0.39, 0.29) is 12.2 Å². The minimum atomic E-state index is -0.0542. The Kier molecular flexibility index (Phi) is 2.37. The molecule has 0 unspecified atom stereocenters. The van der Waals surface area contributed by atoms with Crippen LogP contribution in [-0.4, -0.2) is 22.4 Å². The van der Waals surface area contributed by atoms with Crippen LogP contribution in [0.1, 0.15) is 38.5 Å². The third-order valence-electron chi connectivity index (χ3n) is 3.56. The molecule has 2 rings (SSSR count). The second-order valence-corrected chi connectivity index (χ2v) is 4.45. The molecule has 2 heteroatoms. The van der Waals surface area contributed by atoms with E-state index in [1.54, 1.807) is 0 Å². The van der Waals surface area contributed by atoms with Crippen molar-refractivity contribution in [2.24, 2.45) is 11.8 Å². The van der Waals surface area contributed by atoms with Crippen LogP contribution < -0.4 is 0 Å². The van der Waals surface area contributed by atoms with Crippen molar-refractivity contribution in [2.75, 3.05) is 0 Å². The molecule has 2 fully saturated rings. The fourth-order valence-electron chi connectivity index (χ4n) is 2.84. The zero-order valence-corrected chi connectivity index (χ0v) is 7.45. The highest BCUT2D eigenvalue weighted by Gasteiger charge is 2.34. The average Bonchev–Trinajstić information content (AvgIpc) is 2.05. The van der Waals surface area contributed by atoms with Crippen molar-refractivity contribution >= 4 is 0 Å². The van der Waals surface area contributed by atoms with Crippen LogP contribution in [0, 0.1) is 11.8 Å². The van der Waals surface area contributed by atoms with Crippen LogP contribution in [0.25, 0.3) is 0 Å². The van der Waals surface area contributed by atoms with Crippen LogP contribution in [0.3, 0.4) is 0 Å². The first-order chi connectivity index (χ1) is 5.75. The molecule has 0 aromatic carbocycles. The van der Waals surface area contributed by atoms with Gasteiger partial charge in [-0.15, -0.1) is 0 Å². The lowest BCUT2D eigenvalue weighted by Gasteiger charge is -2.39. The Bertz CT molecular complexity index is 140. The summed E-state index contributed by atoms with van der Waals surface area (Å²) >= 11 is 0. The predicted octanol–water partition coefficient (Wildman–Crippen LogP) is 1.31. The van der Waals surface area contributed by atoms with Crippen molar-refractivity contribution < 1.29 is 10.2 Å². The fraction of sp³-hybridized carbons (Fsp3) is 1.00. The fourth-order valence-corrected chi connectivity index (χ4v) is 2.84. The van der Waals surface area contributed by atoms with E-state index in [2.05, 4.69) is 0 Å². The molecule has 0 amide bonds. The second kappa shape index (κ2) is 3.35. The third kappa shape index (κ3) is 1.64. The number of aliphatic hydroxyl groups excluding tert-OH is 2. The Hall–Kier alpha value is -0.0800. The van der Waals surface area contributed by atoms with Crippen molar-refractivity contribution in [2.45, 2.75) is 50.7 Å². The van der Waals surface area contributed by atoms with Gasteiger partial charge >= 0.3 is 0 Å². The quantitative estimate of drug-likeness (QED) is 0.575. The summed E-state index contributed by atoms with van der Waals surface area (Å²) in [5.74, 6) is 1.41. The first-order valence-corrected chi connectivity index (χ1v) is 5.12. The first-order valence-electron chi connectivity index (χ1n) is 5.12. The highest BCUT2D eigenvalue weighted by atomic mass is 16.3. The molecular formula is C10H18O2. The minimum Gasteiger partial charge on any atom is -0.393 e. The summed E-state index contributed by atoms with van der Waals surface area (Å²) in [7, 11) is 0. The lowest BCUT2D eigenvalue weighted by Crippen LogP contribution is -2.34. The topological polar surface area (TPSA) is 40.5 Å². The molecule has 0 radical (unpaired) electrons. The normalized spacial score (nSPS) is 48.5. The van der Waals surface area contributed by atoms with E-state index in [9.17, 15) is 10.2 Å². The first kappa shape index (κ1) is 8.52. The van der Waals surface area contributed by atoms with Crippen molar-refractivity contribution in [3.05, 3.63) is 0 Å². The largest absolute Gasteiger partial charge is 0.393 e. The molecule has 2 saturated carbocycles. The molecular weight excluding hydrogens is 152 g/mol. The summed E-state index contributed by atoms with van der Waals surface area (Å²) in [6, 6.07) is 0. The summed E-state index contributed by atoms with van der Waals surface area (Å²) in [4.78, 5) is 0. The molecule has 4 atom stereocenters. The van der Waals surface area contributed by atoms with Gasteiger partial charge in [0.2, 0.25) is 0 Å². The van der Waals surface area contributed by atoms with Gasteiger partial charge in [-0.05, 0) is 50.4 Å². The number of fused-ring (bicyclic) bond motifs is 1. The SMILES string of the molecule is O[C@@H]1CC[C@@H]2C[C@@H](O)CC[C@H]2C1. The van der Waals surface area contributed by atoms with E-state index in [4.69, 9.17) is 0 Å². The highest BCUT2D eigenvalue weighted by molar-refractivity contribution is 4.85. The van der Waals surface area contributed by atoms with E-state index in [0.717, 1.165) is 38.5 Å². The molecule has 12 heavy (non-hydrogen) atoms. The summed E-state index contributed by atoms with van der Waals surface area (Å²) in [5, 5.41) is 18.9. The van der Waals surface area contributed by atoms with E-state index >= 15 is 0 Å². The van der Waals surface area contributed by atoms with Crippen LogP contribution in [-0.2, 0) is 0 Å². The van der Waals surface area contributed by atoms with Crippen LogP contribution >= 0.6 is 0 Å². The Morgan fingerprint density at radius 2 is 1.08 bits per heavy atom. The molecule has 0 bridgehead atoms. The van der Waals surface area contributed by atoms with Crippen molar-refractivity contribution in [3.8, 4) is 0 Å². The molecule has 0 spiro atoms. The molecule has 2 aliphatic rings. The number of hydrogen-bond acceptors (Lipinski definition) is 2. The minimum absolute atomic E-state index is 0.0542. The zero-order chi connectivity index (χ0) is 8.55.